The Morgan fingerprint density at radius 1 is 1.28 bits per heavy atom. The van der Waals surface area contributed by atoms with E-state index in [0.717, 1.165) is 25.7 Å². The van der Waals surface area contributed by atoms with Gasteiger partial charge in [-0.25, -0.2) is 0 Å². The molecule has 1 nitrogen and oxygen atoms in total. The molecule has 0 aliphatic heterocycles. The minimum atomic E-state index is 0.242. The van der Waals surface area contributed by atoms with Crippen molar-refractivity contribution in [3.8, 4) is 0 Å². The van der Waals surface area contributed by atoms with Gasteiger partial charge in [-0.15, -0.1) is 0 Å². The lowest BCUT2D eigenvalue weighted by atomic mass is 9.80. The molecule has 1 aromatic rings. The smallest absolute Gasteiger partial charge is 0.136 e. The maximum absolute atomic E-state index is 12.4. The lowest BCUT2D eigenvalue weighted by Crippen LogP contribution is -2.25. The summed E-state index contributed by atoms with van der Waals surface area (Å²) in [7, 11) is 0. The summed E-state index contributed by atoms with van der Waals surface area (Å²) in [6.07, 6.45) is 6.30. The Bertz CT molecular complexity index is 389. The average Bonchev–Trinajstić information content (AvgIpc) is 3.13. The van der Waals surface area contributed by atoms with Crippen molar-refractivity contribution in [1.29, 1.82) is 0 Å². The molecule has 1 unspecified atom stereocenters. The van der Waals surface area contributed by atoms with Gasteiger partial charge < -0.3 is 0 Å². The average molecular weight is 244 g/mol. The summed E-state index contributed by atoms with van der Waals surface area (Å²) in [6.45, 7) is 4.43. The fourth-order valence-electron chi connectivity index (χ4n) is 2.67. The fraction of sp³-hybridized carbons (Fsp3) is 0.588. The third kappa shape index (κ3) is 3.22. The molecule has 0 spiro atoms. The second-order valence-corrected chi connectivity index (χ2v) is 5.97. The Morgan fingerprint density at radius 2 is 1.94 bits per heavy atom. The number of carbonyl (C=O) groups is 1. The van der Waals surface area contributed by atoms with Gasteiger partial charge in [0.05, 0.1) is 0 Å². The Labute approximate surface area is 111 Å². The van der Waals surface area contributed by atoms with Crippen molar-refractivity contribution in [2.45, 2.75) is 52.4 Å². The van der Waals surface area contributed by atoms with E-state index in [2.05, 4.69) is 38.1 Å². The van der Waals surface area contributed by atoms with Gasteiger partial charge in [-0.3, -0.25) is 4.79 Å². The first kappa shape index (κ1) is 13.3. The zero-order valence-corrected chi connectivity index (χ0v) is 11.6. The number of hydrogen-bond acceptors (Lipinski definition) is 1. The molecular weight excluding hydrogens is 220 g/mol. The van der Waals surface area contributed by atoms with Gasteiger partial charge in [0.1, 0.15) is 5.78 Å². The molecule has 18 heavy (non-hydrogen) atoms. The quantitative estimate of drug-likeness (QED) is 0.694. The predicted molar refractivity (Wildman–Crippen MR) is 75.5 cm³/mol. The monoisotopic (exact) mass is 244 g/mol. The largest absolute Gasteiger partial charge is 0.299 e. The van der Waals surface area contributed by atoms with Crippen LogP contribution in [0.4, 0.5) is 0 Å². The number of unbranched alkanes of at least 4 members (excludes halogenated alkanes) is 1. The Kier molecular flexibility index (Phi) is 4.21. The first-order valence-electron chi connectivity index (χ1n) is 7.22. The molecule has 0 aromatic heterocycles. The van der Waals surface area contributed by atoms with Crippen LogP contribution in [0.15, 0.2) is 30.3 Å². The lowest BCUT2D eigenvalue weighted by Gasteiger charge is -2.22. The highest BCUT2D eigenvalue weighted by Crippen LogP contribution is 2.53. The molecule has 1 saturated carbocycles. The second kappa shape index (κ2) is 5.69. The summed E-state index contributed by atoms with van der Waals surface area (Å²) in [4.78, 5) is 12.4. The van der Waals surface area contributed by atoms with Gasteiger partial charge in [-0.2, -0.15) is 0 Å². The standard InChI is InChI=1S/C17H24O/c1-3-4-10-16(18)15(17(2)11-12-17)13-14-8-6-5-7-9-14/h5-9,15H,3-4,10-13H2,1-2H3. The van der Waals surface area contributed by atoms with E-state index in [4.69, 9.17) is 0 Å². The topological polar surface area (TPSA) is 17.1 Å². The molecule has 0 amide bonds. The Hall–Kier alpha value is -1.11. The Morgan fingerprint density at radius 3 is 2.50 bits per heavy atom. The van der Waals surface area contributed by atoms with Gasteiger partial charge in [-0.1, -0.05) is 50.6 Å². The Balaban J connectivity index is 2.04. The fourth-order valence-corrected chi connectivity index (χ4v) is 2.67. The molecule has 1 heteroatoms. The van der Waals surface area contributed by atoms with E-state index in [1.54, 1.807) is 0 Å². The SMILES string of the molecule is CCCCC(=O)C(Cc1ccccc1)C1(C)CC1. The van der Waals surface area contributed by atoms with Gasteiger partial charge in [0.2, 0.25) is 0 Å². The molecule has 0 saturated heterocycles. The maximum Gasteiger partial charge on any atom is 0.136 e. The number of carbonyl (C=O) groups excluding carboxylic acids is 1. The van der Waals surface area contributed by atoms with Crippen molar-refractivity contribution >= 4 is 5.78 Å². The van der Waals surface area contributed by atoms with Gasteiger partial charge in [0, 0.05) is 12.3 Å². The molecule has 1 aromatic carbocycles. The van der Waals surface area contributed by atoms with Crippen LogP contribution in [0, 0.1) is 11.3 Å². The number of benzene rings is 1. The van der Waals surface area contributed by atoms with Gasteiger partial charge in [-0.05, 0) is 36.7 Å². The van der Waals surface area contributed by atoms with E-state index >= 15 is 0 Å². The van der Waals surface area contributed by atoms with E-state index in [0.29, 0.717) is 11.2 Å². The van der Waals surface area contributed by atoms with Crippen molar-refractivity contribution in [3.63, 3.8) is 0 Å². The summed E-state index contributed by atoms with van der Waals surface area (Å²) in [5.74, 6) is 0.729. The van der Waals surface area contributed by atoms with Crippen molar-refractivity contribution in [3.05, 3.63) is 35.9 Å². The number of rotatable bonds is 7. The molecule has 0 radical (unpaired) electrons. The second-order valence-electron chi connectivity index (χ2n) is 5.97. The normalized spacial score (nSPS) is 18.3. The molecule has 0 N–H and O–H groups in total. The van der Waals surface area contributed by atoms with Crippen molar-refractivity contribution in [2.24, 2.45) is 11.3 Å². The van der Waals surface area contributed by atoms with Crippen LogP contribution >= 0.6 is 0 Å². The van der Waals surface area contributed by atoms with Crippen molar-refractivity contribution in [2.75, 3.05) is 0 Å². The summed E-state index contributed by atoms with van der Waals surface area (Å²) in [5, 5.41) is 0. The maximum atomic E-state index is 12.4. The number of ketones is 1. The first-order chi connectivity index (χ1) is 8.65. The summed E-state index contributed by atoms with van der Waals surface area (Å²) >= 11 is 0. The molecule has 98 valence electrons. The van der Waals surface area contributed by atoms with Crippen LogP contribution in [-0.4, -0.2) is 5.78 Å². The highest BCUT2D eigenvalue weighted by Gasteiger charge is 2.47. The third-order valence-corrected chi connectivity index (χ3v) is 4.33. The minimum Gasteiger partial charge on any atom is -0.299 e. The first-order valence-corrected chi connectivity index (χ1v) is 7.22. The van der Waals surface area contributed by atoms with Gasteiger partial charge in [0.15, 0.2) is 0 Å². The highest BCUT2D eigenvalue weighted by atomic mass is 16.1. The number of hydrogen-bond donors (Lipinski definition) is 0. The van der Waals surface area contributed by atoms with E-state index < -0.39 is 0 Å². The molecule has 0 heterocycles. The van der Waals surface area contributed by atoms with E-state index in [9.17, 15) is 4.79 Å². The third-order valence-electron chi connectivity index (χ3n) is 4.33. The minimum absolute atomic E-state index is 0.242. The van der Waals surface area contributed by atoms with Crippen LogP contribution in [-0.2, 0) is 11.2 Å². The van der Waals surface area contributed by atoms with E-state index in [1.165, 1.54) is 18.4 Å². The van der Waals surface area contributed by atoms with Crippen LogP contribution in [0.25, 0.3) is 0 Å². The lowest BCUT2D eigenvalue weighted by molar-refractivity contribution is -0.124. The molecule has 1 atom stereocenters. The zero-order chi connectivity index (χ0) is 13.0. The van der Waals surface area contributed by atoms with Crippen LogP contribution in [0.3, 0.4) is 0 Å². The molecule has 1 fully saturated rings. The molecule has 1 aliphatic rings. The zero-order valence-electron chi connectivity index (χ0n) is 11.6. The highest BCUT2D eigenvalue weighted by molar-refractivity contribution is 5.82. The summed E-state index contributed by atoms with van der Waals surface area (Å²) < 4.78 is 0. The molecule has 0 bridgehead atoms. The van der Waals surface area contributed by atoms with Crippen molar-refractivity contribution in [1.82, 2.24) is 0 Å². The van der Waals surface area contributed by atoms with Crippen LogP contribution < -0.4 is 0 Å². The molecule has 1 aliphatic carbocycles. The molecule has 2 rings (SSSR count). The van der Waals surface area contributed by atoms with E-state index in [-0.39, 0.29) is 5.92 Å². The molecular formula is C17H24O. The number of Topliss-reactive ketones (excluding diaryl/α,β-unsaturated/α-hetero) is 1. The van der Waals surface area contributed by atoms with Crippen LogP contribution in [0.1, 0.15) is 51.5 Å². The van der Waals surface area contributed by atoms with E-state index in [1.807, 2.05) is 6.07 Å². The predicted octanol–water partition coefficient (Wildman–Crippen LogP) is 4.40. The van der Waals surface area contributed by atoms with Crippen molar-refractivity contribution < 1.29 is 4.79 Å². The summed E-state index contributed by atoms with van der Waals surface area (Å²) in [5.41, 5.74) is 1.60. The van der Waals surface area contributed by atoms with Gasteiger partial charge in [0.25, 0.3) is 0 Å². The van der Waals surface area contributed by atoms with Crippen LogP contribution in [0.2, 0.25) is 0 Å². The van der Waals surface area contributed by atoms with Crippen LogP contribution in [0.5, 0.6) is 0 Å². The van der Waals surface area contributed by atoms with Gasteiger partial charge >= 0.3 is 0 Å². The summed E-state index contributed by atoms with van der Waals surface area (Å²) in [6, 6.07) is 10.5.